The van der Waals surface area contributed by atoms with E-state index < -0.39 is 6.04 Å². The Hall–Kier alpha value is -4.23. The second-order valence-corrected chi connectivity index (χ2v) is 10.2. The molecule has 6 rings (SSSR count). The minimum absolute atomic E-state index is 0.0332. The molecule has 0 spiro atoms. The Morgan fingerprint density at radius 2 is 1.67 bits per heavy atom. The van der Waals surface area contributed by atoms with Gasteiger partial charge in [0.2, 0.25) is 5.91 Å². The Balaban J connectivity index is 1.45. The van der Waals surface area contributed by atoms with E-state index in [0.717, 1.165) is 35.5 Å². The number of fused-ring (bicyclic) bond motifs is 3. The van der Waals surface area contributed by atoms with E-state index in [4.69, 9.17) is 21.1 Å². The molecule has 2 heterocycles. The monoisotopic (exact) mass is 541 g/mol. The number of halogens is 1. The number of aromatic nitrogens is 1. The summed E-state index contributed by atoms with van der Waals surface area (Å²) in [6.45, 7) is -0.0516. The number of nitrogens with zero attached hydrogens (tertiary/aromatic N) is 3. The second-order valence-electron chi connectivity index (χ2n) is 9.74. The maximum atomic E-state index is 14.4. The van der Waals surface area contributed by atoms with Gasteiger partial charge in [0.05, 0.1) is 31.3 Å². The molecule has 0 N–H and O–H groups in total. The molecule has 1 aliphatic heterocycles. The first kappa shape index (κ1) is 25.1. The summed E-state index contributed by atoms with van der Waals surface area (Å²) in [5.74, 6) is 0.945. The van der Waals surface area contributed by atoms with Gasteiger partial charge in [-0.15, -0.1) is 0 Å². The lowest BCUT2D eigenvalue weighted by atomic mass is 9.96. The molecule has 0 bridgehead atoms. The molecule has 1 unspecified atom stereocenters. The third-order valence-corrected chi connectivity index (χ3v) is 7.62. The van der Waals surface area contributed by atoms with Crippen LogP contribution in [0.5, 0.6) is 11.5 Å². The maximum absolute atomic E-state index is 14.4. The van der Waals surface area contributed by atoms with Gasteiger partial charge in [0.1, 0.15) is 24.1 Å². The number of ether oxygens (including phenoxy) is 2. The van der Waals surface area contributed by atoms with Crippen LogP contribution < -0.4 is 14.4 Å². The SMILES string of the molecule is COc1ccc(OC)c(C2c3cccn3-c3ccccc3N2C(=O)CN(C(=O)c2ccc(Cl)cc2)C2CC2)c1. The van der Waals surface area contributed by atoms with Gasteiger partial charge in [-0.2, -0.15) is 0 Å². The molecule has 39 heavy (non-hydrogen) atoms. The first-order valence-electron chi connectivity index (χ1n) is 12.9. The van der Waals surface area contributed by atoms with Crippen LogP contribution in [0.4, 0.5) is 5.69 Å². The maximum Gasteiger partial charge on any atom is 0.254 e. The van der Waals surface area contributed by atoms with E-state index in [1.807, 2.05) is 60.8 Å². The number of hydrogen-bond acceptors (Lipinski definition) is 4. The summed E-state index contributed by atoms with van der Waals surface area (Å²) in [5.41, 5.74) is 3.87. The van der Waals surface area contributed by atoms with Gasteiger partial charge in [-0.25, -0.2) is 0 Å². The Morgan fingerprint density at radius 3 is 2.36 bits per heavy atom. The van der Waals surface area contributed by atoms with Crippen LogP contribution in [0.25, 0.3) is 5.69 Å². The molecule has 1 atom stereocenters. The highest BCUT2D eigenvalue weighted by Gasteiger charge is 2.41. The lowest BCUT2D eigenvalue weighted by molar-refractivity contribution is -0.119. The topological polar surface area (TPSA) is 64.0 Å². The van der Waals surface area contributed by atoms with Crippen LogP contribution in [0.2, 0.25) is 5.02 Å². The molecule has 198 valence electrons. The highest BCUT2D eigenvalue weighted by atomic mass is 35.5. The van der Waals surface area contributed by atoms with Crippen molar-refractivity contribution in [3.63, 3.8) is 0 Å². The zero-order valence-electron chi connectivity index (χ0n) is 21.7. The van der Waals surface area contributed by atoms with Crippen molar-refractivity contribution in [1.82, 2.24) is 9.47 Å². The van der Waals surface area contributed by atoms with Crippen LogP contribution in [-0.4, -0.2) is 48.1 Å². The van der Waals surface area contributed by atoms with Crippen molar-refractivity contribution in [1.29, 1.82) is 0 Å². The summed E-state index contributed by atoms with van der Waals surface area (Å²) in [7, 11) is 3.23. The van der Waals surface area contributed by atoms with Gasteiger partial charge in [0.15, 0.2) is 0 Å². The summed E-state index contributed by atoms with van der Waals surface area (Å²) in [6.07, 6.45) is 3.74. The Morgan fingerprint density at radius 1 is 0.923 bits per heavy atom. The molecule has 0 radical (unpaired) electrons. The van der Waals surface area contributed by atoms with Crippen LogP contribution in [0, 0.1) is 0 Å². The van der Waals surface area contributed by atoms with Gasteiger partial charge >= 0.3 is 0 Å². The highest BCUT2D eigenvalue weighted by Crippen LogP contribution is 2.45. The van der Waals surface area contributed by atoms with Crippen molar-refractivity contribution in [2.24, 2.45) is 0 Å². The number of rotatable bonds is 7. The number of anilines is 1. The van der Waals surface area contributed by atoms with Gasteiger partial charge < -0.3 is 18.9 Å². The van der Waals surface area contributed by atoms with Gasteiger partial charge in [0.25, 0.3) is 5.91 Å². The molecule has 1 aromatic heterocycles. The number of para-hydroxylation sites is 2. The van der Waals surface area contributed by atoms with Crippen molar-refractivity contribution >= 4 is 29.1 Å². The molecule has 2 amide bonds. The third kappa shape index (κ3) is 4.53. The minimum atomic E-state index is -0.501. The van der Waals surface area contributed by atoms with E-state index in [0.29, 0.717) is 22.1 Å². The van der Waals surface area contributed by atoms with Crippen LogP contribution in [0.3, 0.4) is 0 Å². The van der Waals surface area contributed by atoms with E-state index in [1.165, 1.54) is 0 Å². The fraction of sp³-hybridized carbons (Fsp3) is 0.226. The fourth-order valence-electron chi connectivity index (χ4n) is 5.34. The summed E-state index contributed by atoms with van der Waals surface area (Å²) in [6, 6.07) is 23.7. The molecule has 1 aliphatic carbocycles. The molecular weight excluding hydrogens is 514 g/mol. The molecule has 1 fully saturated rings. The standard InChI is InChI=1S/C31H28ClN3O4/c1-38-23-15-16-28(39-2)24(18-23)30-27-8-5-17-33(27)25-6-3-4-7-26(25)35(30)29(36)19-34(22-13-14-22)31(37)20-9-11-21(32)12-10-20/h3-12,15-18,22,30H,13-14,19H2,1-2H3. The highest BCUT2D eigenvalue weighted by molar-refractivity contribution is 6.30. The summed E-state index contributed by atoms with van der Waals surface area (Å²) < 4.78 is 13.4. The Bertz CT molecular complexity index is 1540. The number of benzene rings is 3. The minimum Gasteiger partial charge on any atom is -0.497 e. The summed E-state index contributed by atoms with van der Waals surface area (Å²) in [5, 5.41) is 0.559. The lowest BCUT2D eigenvalue weighted by Crippen LogP contribution is -2.47. The van der Waals surface area contributed by atoms with Gasteiger partial charge in [-0.3, -0.25) is 14.5 Å². The zero-order chi connectivity index (χ0) is 27.1. The van der Waals surface area contributed by atoms with Gasteiger partial charge in [-0.05, 0) is 79.6 Å². The van der Waals surface area contributed by atoms with Crippen LogP contribution in [0.1, 0.15) is 40.5 Å². The van der Waals surface area contributed by atoms with E-state index in [2.05, 4.69) is 4.57 Å². The fourth-order valence-corrected chi connectivity index (χ4v) is 5.47. The van der Waals surface area contributed by atoms with E-state index >= 15 is 0 Å². The quantitative estimate of drug-likeness (QED) is 0.293. The van der Waals surface area contributed by atoms with E-state index in [9.17, 15) is 9.59 Å². The lowest BCUT2D eigenvalue weighted by Gasteiger charge is -2.40. The largest absolute Gasteiger partial charge is 0.497 e. The molecule has 3 aromatic carbocycles. The van der Waals surface area contributed by atoms with Gasteiger partial charge in [0, 0.05) is 28.4 Å². The normalized spacial score (nSPS) is 15.8. The number of amides is 2. The van der Waals surface area contributed by atoms with Crippen molar-refractivity contribution < 1.29 is 19.1 Å². The molecule has 1 saturated carbocycles. The number of hydrogen-bond donors (Lipinski definition) is 0. The van der Waals surface area contributed by atoms with Crippen molar-refractivity contribution in [2.75, 3.05) is 25.7 Å². The molecule has 2 aliphatic rings. The Labute approximate surface area is 232 Å². The van der Waals surface area contributed by atoms with Crippen molar-refractivity contribution in [3.8, 4) is 17.2 Å². The van der Waals surface area contributed by atoms with Crippen LogP contribution >= 0.6 is 11.6 Å². The Kier molecular flexibility index (Phi) is 6.53. The first-order valence-corrected chi connectivity index (χ1v) is 13.2. The van der Waals surface area contributed by atoms with E-state index in [1.54, 1.807) is 48.3 Å². The van der Waals surface area contributed by atoms with Gasteiger partial charge in [-0.1, -0.05) is 23.7 Å². The molecular formula is C31H28ClN3O4. The zero-order valence-corrected chi connectivity index (χ0v) is 22.5. The molecule has 7 nitrogen and oxygen atoms in total. The average Bonchev–Trinajstić information content (AvgIpc) is 3.69. The average molecular weight is 542 g/mol. The predicted octanol–water partition coefficient (Wildman–Crippen LogP) is 5.89. The van der Waals surface area contributed by atoms with E-state index in [-0.39, 0.29) is 24.4 Å². The predicted molar refractivity (Wildman–Crippen MR) is 150 cm³/mol. The van der Waals surface area contributed by atoms with Crippen molar-refractivity contribution in [2.45, 2.75) is 24.9 Å². The number of methoxy groups -OCH3 is 2. The molecule has 4 aromatic rings. The number of carbonyl (C=O) groups excluding carboxylic acids is 2. The number of carbonyl (C=O) groups is 2. The van der Waals surface area contributed by atoms with Crippen LogP contribution in [-0.2, 0) is 4.79 Å². The first-order chi connectivity index (χ1) is 19.0. The molecule has 0 saturated heterocycles. The van der Waals surface area contributed by atoms with Crippen LogP contribution in [0.15, 0.2) is 85.1 Å². The summed E-state index contributed by atoms with van der Waals surface area (Å²) in [4.78, 5) is 31.5. The second kappa shape index (κ2) is 10.2. The van der Waals surface area contributed by atoms with Crippen molar-refractivity contribution in [3.05, 3.63) is 107 Å². The smallest absolute Gasteiger partial charge is 0.254 e. The third-order valence-electron chi connectivity index (χ3n) is 7.36. The molecule has 8 heteroatoms. The summed E-state index contributed by atoms with van der Waals surface area (Å²) >= 11 is 6.05.